The topological polar surface area (TPSA) is 58.6 Å². The van der Waals surface area contributed by atoms with E-state index in [0.29, 0.717) is 23.9 Å². The molecule has 5 nitrogen and oxygen atoms in total. The van der Waals surface area contributed by atoms with Crippen molar-refractivity contribution in [3.05, 3.63) is 58.6 Å². The highest BCUT2D eigenvalue weighted by Crippen LogP contribution is 2.34. The Morgan fingerprint density at radius 2 is 1.93 bits per heavy atom. The molecule has 0 saturated carbocycles. The second-order valence-electron chi connectivity index (χ2n) is 7.13. The molecule has 3 rings (SSSR count). The molecule has 2 amide bonds. The maximum atomic E-state index is 12.7. The summed E-state index contributed by atoms with van der Waals surface area (Å²) >= 11 is 5.87. The Morgan fingerprint density at radius 1 is 1.18 bits per heavy atom. The van der Waals surface area contributed by atoms with E-state index < -0.39 is 0 Å². The van der Waals surface area contributed by atoms with Gasteiger partial charge in [-0.3, -0.25) is 9.59 Å². The Labute approximate surface area is 170 Å². The second kappa shape index (κ2) is 9.11. The summed E-state index contributed by atoms with van der Waals surface area (Å²) in [6.45, 7) is 4.94. The van der Waals surface area contributed by atoms with E-state index in [1.807, 2.05) is 56.3 Å². The molecule has 0 spiro atoms. The van der Waals surface area contributed by atoms with Crippen LogP contribution in [0.25, 0.3) is 0 Å². The minimum Gasteiger partial charge on any atom is -0.487 e. The van der Waals surface area contributed by atoms with Gasteiger partial charge < -0.3 is 15.0 Å². The van der Waals surface area contributed by atoms with Gasteiger partial charge in [0.25, 0.3) is 0 Å². The number of aryl methyl sites for hydroxylation is 1. The van der Waals surface area contributed by atoms with Crippen LogP contribution in [-0.2, 0) is 16.0 Å². The van der Waals surface area contributed by atoms with Crippen LogP contribution in [0.1, 0.15) is 30.9 Å². The average molecular weight is 401 g/mol. The summed E-state index contributed by atoms with van der Waals surface area (Å²) in [4.78, 5) is 26.6. The highest BCUT2D eigenvalue weighted by Gasteiger charge is 2.27. The van der Waals surface area contributed by atoms with Crippen molar-refractivity contribution in [1.29, 1.82) is 0 Å². The molecule has 0 radical (unpaired) electrons. The van der Waals surface area contributed by atoms with E-state index in [1.54, 1.807) is 4.90 Å². The third kappa shape index (κ3) is 5.26. The van der Waals surface area contributed by atoms with Gasteiger partial charge in [-0.1, -0.05) is 29.8 Å². The van der Waals surface area contributed by atoms with Gasteiger partial charge in [-0.25, -0.2) is 0 Å². The number of carbonyl (C=O) groups is 2. The highest BCUT2D eigenvalue weighted by molar-refractivity contribution is 6.30. The van der Waals surface area contributed by atoms with Gasteiger partial charge in [0, 0.05) is 24.4 Å². The molecular weight excluding hydrogens is 376 g/mol. The van der Waals surface area contributed by atoms with Crippen LogP contribution < -0.4 is 15.0 Å². The Hall–Kier alpha value is -2.53. The van der Waals surface area contributed by atoms with Gasteiger partial charge in [0.15, 0.2) is 0 Å². The molecule has 2 aromatic rings. The molecule has 0 unspecified atom stereocenters. The van der Waals surface area contributed by atoms with E-state index in [4.69, 9.17) is 16.3 Å². The smallest absolute Gasteiger partial charge is 0.227 e. The maximum absolute atomic E-state index is 12.7. The molecule has 1 N–H and O–H groups in total. The Kier molecular flexibility index (Phi) is 6.57. The molecule has 1 atom stereocenters. The number of nitrogens with zero attached hydrogens (tertiary/aromatic N) is 1. The number of anilines is 1. The van der Waals surface area contributed by atoms with Crippen molar-refractivity contribution in [2.75, 3.05) is 18.0 Å². The van der Waals surface area contributed by atoms with Crippen LogP contribution in [0.2, 0.25) is 5.02 Å². The van der Waals surface area contributed by atoms with Crippen LogP contribution >= 0.6 is 11.6 Å². The number of rotatable bonds is 6. The number of nitrogens with one attached hydrogen (secondary N) is 1. The monoisotopic (exact) mass is 400 g/mol. The lowest BCUT2D eigenvalue weighted by atomic mass is 10.1. The van der Waals surface area contributed by atoms with Gasteiger partial charge in [-0.05, 0) is 55.7 Å². The molecule has 0 saturated heterocycles. The molecule has 0 bridgehead atoms. The Morgan fingerprint density at radius 3 is 2.68 bits per heavy atom. The Balaban J connectivity index is 1.49. The lowest BCUT2D eigenvalue weighted by Gasteiger charge is -2.33. The van der Waals surface area contributed by atoms with Gasteiger partial charge in [0.2, 0.25) is 11.8 Å². The fourth-order valence-electron chi connectivity index (χ4n) is 3.22. The number of amides is 2. The van der Waals surface area contributed by atoms with Crippen LogP contribution in [0.15, 0.2) is 42.5 Å². The summed E-state index contributed by atoms with van der Waals surface area (Å²) in [7, 11) is 0. The van der Waals surface area contributed by atoms with E-state index in [0.717, 1.165) is 23.2 Å². The second-order valence-corrected chi connectivity index (χ2v) is 7.57. The first kappa shape index (κ1) is 20.2. The van der Waals surface area contributed by atoms with Crippen LogP contribution in [0.4, 0.5) is 5.69 Å². The first-order valence-corrected chi connectivity index (χ1v) is 9.89. The highest BCUT2D eigenvalue weighted by atomic mass is 35.5. The number of halogens is 1. The summed E-state index contributed by atoms with van der Waals surface area (Å²) in [5, 5.41) is 3.57. The maximum Gasteiger partial charge on any atom is 0.227 e. The average Bonchev–Trinajstić information content (AvgIpc) is 2.67. The SMILES string of the molecule is Cc1ccc2c(c1)N(C(=O)CCC(=O)NCCc1ccc(Cl)cc1)C[C@H](C)O2. The first-order chi connectivity index (χ1) is 13.4. The number of fused-ring (bicyclic) bond motifs is 1. The molecule has 28 heavy (non-hydrogen) atoms. The lowest BCUT2D eigenvalue weighted by Crippen LogP contribution is -2.42. The van der Waals surface area contributed by atoms with Crippen molar-refractivity contribution in [2.45, 2.75) is 39.2 Å². The van der Waals surface area contributed by atoms with Gasteiger partial charge in [0.1, 0.15) is 11.9 Å². The molecule has 1 heterocycles. The van der Waals surface area contributed by atoms with E-state index >= 15 is 0 Å². The van der Waals surface area contributed by atoms with Crippen LogP contribution in [0, 0.1) is 6.92 Å². The fraction of sp³-hybridized carbons (Fsp3) is 0.364. The van der Waals surface area contributed by atoms with Crippen LogP contribution in [-0.4, -0.2) is 31.0 Å². The predicted molar refractivity (Wildman–Crippen MR) is 111 cm³/mol. The standard InChI is InChI=1S/C22H25ClN2O3/c1-15-3-8-20-19(13-15)25(14-16(2)28-20)22(27)10-9-21(26)24-12-11-17-4-6-18(23)7-5-17/h3-8,13,16H,9-12,14H2,1-2H3,(H,24,26)/t16-/m0/s1. The number of benzene rings is 2. The number of hydrogen-bond donors (Lipinski definition) is 1. The fourth-order valence-corrected chi connectivity index (χ4v) is 3.35. The summed E-state index contributed by atoms with van der Waals surface area (Å²) in [6, 6.07) is 13.4. The largest absolute Gasteiger partial charge is 0.487 e. The van der Waals surface area contributed by atoms with Gasteiger partial charge in [-0.15, -0.1) is 0 Å². The predicted octanol–water partition coefficient (Wildman–Crippen LogP) is 3.90. The summed E-state index contributed by atoms with van der Waals surface area (Å²) in [5.41, 5.74) is 2.95. The molecule has 6 heteroatoms. The van der Waals surface area contributed by atoms with Crippen molar-refractivity contribution in [3.63, 3.8) is 0 Å². The van der Waals surface area contributed by atoms with Gasteiger partial charge in [0.05, 0.1) is 12.2 Å². The Bertz CT molecular complexity index is 851. The minimum absolute atomic E-state index is 0.0603. The van der Waals surface area contributed by atoms with Gasteiger partial charge in [-0.2, -0.15) is 0 Å². The number of carbonyl (C=O) groups excluding carboxylic acids is 2. The lowest BCUT2D eigenvalue weighted by molar-refractivity contribution is -0.125. The van der Waals surface area contributed by atoms with Crippen LogP contribution in [0.5, 0.6) is 5.75 Å². The van der Waals surface area contributed by atoms with Crippen molar-refractivity contribution in [3.8, 4) is 5.75 Å². The van der Waals surface area contributed by atoms with E-state index in [9.17, 15) is 9.59 Å². The molecule has 1 aliphatic heterocycles. The minimum atomic E-state index is -0.118. The van der Waals surface area contributed by atoms with E-state index in [2.05, 4.69) is 5.32 Å². The van der Waals surface area contributed by atoms with Crippen LogP contribution in [0.3, 0.4) is 0 Å². The zero-order chi connectivity index (χ0) is 20.1. The summed E-state index contributed by atoms with van der Waals surface area (Å²) < 4.78 is 5.81. The summed E-state index contributed by atoms with van der Waals surface area (Å²) in [6.07, 6.45) is 0.997. The van der Waals surface area contributed by atoms with Crippen molar-refractivity contribution >= 4 is 29.1 Å². The number of hydrogen-bond acceptors (Lipinski definition) is 3. The van der Waals surface area contributed by atoms with Crippen molar-refractivity contribution in [2.24, 2.45) is 0 Å². The summed E-state index contributed by atoms with van der Waals surface area (Å²) in [5.74, 6) is 0.535. The zero-order valence-electron chi connectivity index (χ0n) is 16.2. The zero-order valence-corrected chi connectivity index (χ0v) is 17.0. The molecule has 0 aromatic heterocycles. The van der Waals surface area contributed by atoms with Crippen molar-refractivity contribution < 1.29 is 14.3 Å². The molecule has 2 aromatic carbocycles. The van der Waals surface area contributed by atoms with Gasteiger partial charge >= 0.3 is 0 Å². The third-order valence-corrected chi connectivity index (χ3v) is 4.94. The molecule has 0 aliphatic carbocycles. The molecule has 148 valence electrons. The molecular formula is C22H25ClN2O3. The molecule has 0 fully saturated rings. The van der Waals surface area contributed by atoms with E-state index in [1.165, 1.54) is 0 Å². The first-order valence-electron chi connectivity index (χ1n) is 9.51. The third-order valence-electron chi connectivity index (χ3n) is 4.69. The quantitative estimate of drug-likeness (QED) is 0.799. The molecule has 1 aliphatic rings. The van der Waals surface area contributed by atoms with Crippen molar-refractivity contribution in [1.82, 2.24) is 5.32 Å². The normalized spacial score (nSPS) is 15.5. The number of ether oxygens (including phenoxy) is 1. The van der Waals surface area contributed by atoms with E-state index in [-0.39, 0.29) is 30.8 Å².